The predicted octanol–water partition coefficient (Wildman–Crippen LogP) is 2.29. The third-order valence-corrected chi connectivity index (χ3v) is 3.34. The number of primary amides is 1. The highest BCUT2D eigenvalue weighted by molar-refractivity contribution is 9.10. The molecule has 0 aromatic heterocycles. The number of carbonyl (C=O) groups is 1. The average molecular weight is 318 g/mol. The molecule has 4 nitrogen and oxygen atoms in total. The molecule has 0 aliphatic carbocycles. The van der Waals surface area contributed by atoms with Crippen LogP contribution < -0.4 is 5.73 Å². The fraction of sp³-hybridized carbons (Fsp3) is 0.143. The van der Waals surface area contributed by atoms with Gasteiger partial charge in [-0.15, -0.1) is 0 Å². The van der Waals surface area contributed by atoms with Crippen LogP contribution in [0.3, 0.4) is 0 Å². The number of nitrogens with two attached hydrogens (primary N) is 1. The SMILES string of the molecule is N#CC1C=CN(Cc2ccc(Br)cc2)C=C1C(N)=O. The van der Waals surface area contributed by atoms with E-state index in [-0.39, 0.29) is 0 Å². The maximum Gasteiger partial charge on any atom is 0.247 e. The van der Waals surface area contributed by atoms with Crippen molar-refractivity contribution >= 4 is 21.8 Å². The van der Waals surface area contributed by atoms with Crippen LogP contribution in [0, 0.1) is 17.2 Å². The van der Waals surface area contributed by atoms with Crippen LogP contribution in [0.15, 0.2) is 52.8 Å². The summed E-state index contributed by atoms with van der Waals surface area (Å²) in [5, 5.41) is 8.94. The number of carbonyl (C=O) groups excluding carboxylic acids is 1. The van der Waals surface area contributed by atoms with Gasteiger partial charge in [-0.3, -0.25) is 4.79 Å². The zero-order chi connectivity index (χ0) is 13.8. The van der Waals surface area contributed by atoms with Gasteiger partial charge in [0.1, 0.15) is 0 Å². The van der Waals surface area contributed by atoms with Gasteiger partial charge in [-0.1, -0.05) is 28.1 Å². The Labute approximate surface area is 119 Å². The summed E-state index contributed by atoms with van der Waals surface area (Å²) in [6.07, 6.45) is 5.11. The number of hydrogen-bond donors (Lipinski definition) is 1. The number of amides is 1. The molecule has 0 bridgehead atoms. The molecule has 1 atom stereocenters. The minimum atomic E-state index is -0.559. The van der Waals surface area contributed by atoms with Gasteiger partial charge < -0.3 is 10.6 Å². The van der Waals surface area contributed by atoms with Crippen LogP contribution in [0.4, 0.5) is 0 Å². The Morgan fingerprint density at radius 3 is 2.68 bits per heavy atom. The third kappa shape index (κ3) is 3.24. The lowest BCUT2D eigenvalue weighted by molar-refractivity contribution is -0.114. The zero-order valence-corrected chi connectivity index (χ0v) is 11.7. The standard InChI is InChI=1S/C14H12BrN3O/c15-12-3-1-10(2-4-12)8-18-6-5-11(7-16)13(9-18)14(17)19/h1-6,9,11H,8H2,(H2,17,19). The van der Waals surface area contributed by atoms with Gasteiger partial charge in [-0.05, 0) is 23.8 Å². The van der Waals surface area contributed by atoms with E-state index in [1.807, 2.05) is 35.2 Å². The molecule has 1 aliphatic heterocycles. The molecular formula is C14H12BrN3O. The largest absolute Gasteiger partial charge is 0.366 e. The summed E-state index contributed by atoms with van der Waals surface area (Å²) in [5.41, 5.74) is 6.71. The zero-order valence-electron chi connectivity index (χ0n) is 10.1. The van der Waals surface area contributed by atoms with E-state index in [1.54, 1.807) is 18.5 Å². The van der Waals surface area contributed by atoms with E-state index in [1.165, 1.54) is 0 Å². The van der Waals surface area contributed by atoms with Gasteiger partial charge in [0, 0.05) is 23.4 Å². The van der Waals surface area contributed by atoms with Gasteiger partial charge in [0.25, 0.3) is 0 Å². The van der Waals surface area contributed by atoms with Crippen molar-refractivity contribution in [3.8, 4) is 6.07 Å². The summed E-state index contributed by atoms with van der Waals surface area (Å²) < 4.78 is 1.02. The number of benzene rings is 1. The highest BCUT2D eigenvalue weighted by atomic mass is 79.9. The van der Waals surface area contributed by atoms with Crippen LogP contribution in [0.25, 0.3) is 0 Å². The van der Waals surface area contributed by atoms with Gasteiger partial charge in [-0.2, -0.15) is 5.26 Å². The highest BCUT2D eigenvalue weighted by Crippen LogP contribution is 2.20. The van der Waals surface area contributed by atoms with Crippen LogP contribution in [0.2, 0.25) is 0 Å². The minimum Gasteiger partial charge on any atom is -0.366 e. The molecule has 19 heavy (non-hydrogen) atoms. The Morgan fingerprint density at radius 2 is 2.11 bits per heavy atom. The number of rotatable bonds is 3. The summed E-state index contributed by atoms with van der Waals surface area (Å²) in [6, 6.07) is 9.94. The number of nitrogens with zero attached hydrogens (tertiary/aromatic N) is 2. The van der Waals surface area contributed by atoms with E-state index in [4.69, 9.17) is 11.0 Å². The van der Waals surface area contributed by atoms with Gasteiger partial charge >= 0.3 is 0 Å². The molecule has 0 radical (unpaired) electrons. The van der Waals surface area contributed by atoms with Gasteiger partial charge in [0.05, 0.1) is 17.6 Å². The molecule has 5 heteroatoms. The Balaban J connectivity index is 2.16. The fourth-order valence-corrected chi connectivity index (χ4v) is 2.10. The van der Waals surface area contributed by atoms with Crippen molar-refractivity contribution in [2.75, 3.05) is 0 Å². The molecule has 1 unspecified atom stereocenters. The molecule has 1 amide bonds. The summed E-state index contributed by atoms with van der Waals surface area (Å²) >= 11 is 3.38. The summed E-state index contributed by atoms with van der Waals surface area (Å²) in [5.74, 6) is -1.12. The molecule has 0 spiro atoms. The van der Waals surface area contributed by atoms with Gasteiger partial charge in [0.2, 0.25) is 5.91 Å². The maximum absolute atomic E-state index is 11.3. The quantitative estimate of drug-likeness (QED) is 0.929. The molecule has 96 valence electrons. The molecule has 2 rings (SSSR count). The molecular weight excluding hydrogens is 306 g/mol. The van der Waals surface area contributed by atoms with Crippen molar-refractivity contribution < 1.29 is 4.79 Å². The lowest BCUT2D eigenvalue weighted by Gasteiger charge is -2.22. The second kappa shape index (κ2) is 5.72. The van der Waals surface area contributed by atoms with Gasteiger partial charge in [0.15, 0.2) is 0 Å². The lowest BCUT2D eigenvalue weighted by Crippen LogP contribution is -2.25. The van der Waals surface area contributed by atoms with Crippen LogP contribution in [-0.4, -0.2) is 10.8 Å². The van der Waals surface area contributed by atoms with Crippen LogP contribution in [0.5, 0.6) is 0 Å². The predicted molar refractivity (Wildman–Crippen MR) is 75.2 cm³/mol. The van der Waals surface area contributed by atoms with Crippen molar-refractivity contribution in [2.24, 2.45) is 11.7 Å². The summed E-state index contributed by atoms with van der Waals surface area (Å²) in [7, 11) is 0. The topological polar surface area (TPSA) is 70.1 Å². The number of nitriles is 1. The summed E-state index contributed by atoms with van der Waals surface area (Å²) in [6.45, 7) is 0.624. The Bertz CT molecular complexity index is 584. The van der Waals surface area contributed by atoms with E-state index in [9.17, 15) is 4.79 Å². The van der Waals surface area contributed by atoms with E-state index in [0.29, 0.717) is 12.1 Å². The first-order chi connectivity index (χ1) is 9.10. The molecule has 0 saturated carbocycles. The van der Waals surface area contributed by atoms with Crippen molar-refractivity contribution in [2.45, 2.75) is 6.54 Å². The van der Waals surface area contributed by atoms with Crippen LogP contribution >= 0.6 is 15.9 Å². The first-order valence-corrected chi connectivity index (χ1v) is 6.49. The van der Waals surface area contributed by atoms with Gasteiger partial charge in [-0.25, -0.2) is 0 Å². The first-order valence-electron chi connectivity index (χ1n) is 5.70. The number of halogens is 1. The Hall–Kier alpha value is -2.06. The molecule has 0 fully saturated rings. The molecule has 1 heterocycles. The Morgan fingerprint density at radius 1 is 1.42 bits per heavy atom. The average Bonchev–Trinajstić information content (AvgIpc) is 2.41. The molecule has 0 saturated heterocycles. The first kappa shape index (κ1) is 13.4. The van der Waals surface area contributed by atoms with E-state index < -0.39 is 11.8 Å². The third-order valence-electron chi connectivity index (χ3n) is 2.81. The van der Waals surface area contributed by atoms with E-state index in [0.717, 1.165) is 10.0 Å². The lowest BCUT2D eigenvalue weighted by atomic mass is 9.98. The number of hydrogen-bond acceptors (Lipinski definition) is 3. The molecule has 2 N–H and O–H groups in total. The van der Waals surface area contributed by atoms with Crippen molar-refractivity contribution in [1.29, 1.82) is 5.26 Å². The molecule has 1 aromatic rings. The normalized spacial score (nSPS) is 17.8. The van der Waals surface area contributed by atoms with Crippen molar-refractivity contribution in [3.63, 3.8) is 0 Å². The highest BCUT2D eigenvalue weighted by Gasteiger charge is 2.20. The van der Waals surface area contributed by atoms with Crippen LogP contribution in [0.1, 0.15) is 5.56 Å². The van der Waals surface area contributed by atoms with E-state index in [2.05, 4.69) is 15.9 Å². The minimum absolute atomic E-state index is 0.321. The van der Waals surface area contributed by atoms with Crippen LogP contribution in [-0.2, 0) is 11.3 Å². The maximum atomic E-state index is 11.3. The van der Waals surface area contributed by atoms with E-state index >= 15 is 0 Å². The van der Waals surface area contributed by atoms with Crippen molar-refractivity contribution in [1.82, 2.24) is 4.90 Å². The monoisotopic (exact) mass is 317 g/mol. The van der Waals surface area contributed by atoms with Crippen molar-refractivity contribution in [3.05, 3.63) is 58.4 Å². The summed E-state index contributed by atoms with van der Waals surface area (Å²) in [4.78, 5) is 13.1. The fourth-order valence-electron chi connectivity index (χ4n) is 1.83. The molecule has 1 aliphatic rings. The second-order valence-corrected chi connectivity index (χ2v) is 5.11. The second-order valence-electron chi connectivity index (χ2n) is 4.20. The Kier molecular flexibility index (Phi) is 4.03. The smallest absolute Gasteiger partial charge is 0.247 e. The molecule has 1 aromatic carbocycles. The number of allylic oxidation sites excluding steroid dienone is 1.